The normalized spacial score (nSPS) is 31.9. The van der Waals surface area contributed by atoms with Crippen LogP contribution in [0.2, 0.25) is 0 Å². The number of rotatable bonds is 0. The van der Waals surface area contributed by atoms with Gasteiger partial charge in [-0.05, 0) is 41.9 Å². The Morgan fingerprint density at radius 1 is 0.964 bits per heavy atom. The molecule has 0 radical (unpaired) electrons. The maximum atomic E-state index is 11.3. The Balaban J connectivity index is 1.61. The summed E-state index contributed by atoms with van der Waals surface area (Å²) in [7, 11) is 2.03. The van der Waals surface area contributed by atoms with Crippen LogP contribution in [0.1, 0.15) is 41.3 Å². The third kappa shape index (κ3) is 1.84. The number of nitrogens with zero attached hydrogens (tertiary/aromatic N) is 1. The molecule has 0 aromatic heterocycles. The number of benzene rings is 2. The summed E-state index contributed by atoms with van der Waals surface area (Å²) in [4.78, 5) is 2.19. The van der Waals surface area contributed by atoms with Crippen LogP contribution >= 0.6 is 0 Å². The first-order chi connectivity index (χ1) is 13.5. The van der Waals surface area contributed by atoms with Crippen molar-refractivity contribution in [3.63, 3.8) is 0 Å². The van der Waals surface area contributed by atoms with E-state index in [-0.39, 0.29) is 19.6 Å². The van der Waals surface area contributed by atoms with Crippen LogP contribution in [0.15, 0.2) is 24.3 Å². The van der Waals surface area contributed by atoms with E-state index in [1.54, 1.807) is 6.07 Å². The molecule has 1 aliphatic carbocycles. The van der Waals surface area contributed by atoms with Crippen molar-refractivity contribution in [3.8, 4) is 23.0 Å². The fraction of sp³-hybridized carbons (Fsp3) is 0.429. The van der Waals surface area contributed by atoms with Gasteiger partial charge >= 0.3 is 0 Å². The van der Waals surface area contributed by atoms with E-state index in [1.165, 1.54) is 0 Å². The topological polar surface area (TPSA) is 80.6 Å². The maximum Gasteiger partial charge on any atom is 0.231 e. The molecule has 4 atom stereocenters. The van der Waals surface area contributed by atoms with Crippen molar-refractivity contribution >= 4 is 0 Å². The average Bonchev–Trinajstić information content (AvgIpc) is 3.33. The number of hydrogen-bond acceptors (Lipinski definition) is 7. The van der Waals surface area contributed by atoms with Crippen LogP contribution < -0.4 is 18.9 Å². The minimum Gasteiger partial charge on any atom is -0.454 e. The van der Waals surface area contributed by atoms with Gasteiger partial charge < -0.3 is 29.2 Å². The molecule has 7 heteroatoms. The van der Waals surface area contributed by atoms with E-state index in [2.05, 4.69) is 4.90 Å². The molecule has 0 saturated heterocycles. The lowest BCUT2D eigenvalue weighted by atomic mass is 9.59. The third-order valence-corrected chi connectivity index (χ3v) is 6.74. The van der Waals surface area contributed by atoms with Gasteiger partial charge in [-0.1, -0.05) is 13.0 Å². The molecule has 2 N–H and O–H groups in total. The van der Waals surface area contributed by atoms with Crippen molar-refractivity contribution < 1.29 is 29.2 Å². The molecular formula is C21H21NO6. The van der Waals surface area contributed by atoms with Gasteiger partial charge in [0.25, 0.3) is 0 Å². The first-order valence-electron chi connectivity index (χ1n) is 9.42. The quantitative estimate of drug-likeness (QED) is 0.720. The molecule has 146 valence electrons. The van der Waals surface area contributed by atoms with Crippen LogP contribution in [0.5, 0.6) is 23.0 Å². The van der Waals surface area contributed by atoms with Crippen LogP contribution in [0.4, 0.5) is 0 Å². The van der Waals surface area contributed by atoms with Gasteiger partial charge in [-0.2, -0.15) is 0 Å². The summed E-state index contributed by atoms with van der Waals surface area (Å²) in [6.45, 7) is 3.03. The van der Waals surface area contributed by atoms with Crippen molar-refractivity contribution in [2.75, 3.05) is 20.6 Å². The number of hydrogen-bond donors (Lipinski definition) is 2. The number of likely N-dealkylation sites (N-methyl/N-ethyl adjacent to an activating group) is 1. The number of ether oxygens (including phenoxy) is 4. The summed E-state index contributed by atoms with van der Waals surface area (Å²) in [6.07, 6.45) is -2.03. The summed E-state index contributed by atoms with van der Waals surface area (Å²) in [6, 6.07) is 7.50. The first-order valence-corrected chi connectivity index (χ1v) is 9.42. The molecule has 0 amide bonds. The molecule has 6 rings (SSSR count). The molecule has 4 aliphatic rings. The Morgan fingerprint density at radius 3 is 2.43 bits per heavy atom. The highest BCUT2D eigenvalue weighted by molar-refractivity contribution is 5.60. The van der Waals surface area contributed by atoms with Gasteiger partial charge in [0.05, 0.1) is 6.10 Å². The molecule has 3 aliphatic heterocycles. The lowest BCUT2D eigenvalue weighted by Gasteiger charge is -2.55. The van der Waals surface area contributed by atoms with Crippen molar-refractivity contribution in [1.82, 2.24) is 4.90 Å². The fourth-order valence-corrected chi connectivity index (χ4v) is 5.48. The van der Waals surface area contributed by atoms with E-state index in [4.69, 9.17) is 18.9 Å². The van der Waals surface area contributed by atoms with Crippen LogP contribution in [0.3, 0.4) is 0 Å². The number of aliphatic hydroxyl groups is 2. The Morgan fingerprint density at radius 2 is 1.64 bits per heavy atom. The standard InChI is InChI=1S/C21H21NO6/c1-21-13-3-4-14-18(28-9-25-14)12(13)7-22(2)19(21)11-6-16-15(26-8-27-16)5-10(11)17(23)20(21)24/h3-6,17,19-20,23-24H,7-9H2,1-2H3/t17?,19-,20+,21-/m1/s1. The van der Waals surface area contributed by atoms with Crippen LogP contribution in [0.25, 0.3) is 0 Å². The molecule has 0 bridgehead atoms. The van der Waals surface area contributed by atoms with Crippen molar-refractivity contribution in [2.45, 2.75) is 37.1 Å². The van der Waals surface area contributed by atoms with Gasteiger partial charge in [-0.15, -0.1) is 0 Å². The minimum absolute atomic E-state index is 0.136. The highest BCUT2D eigenvalue weighted by Crippen LogP contribution is 2.59. The maximum absolute atomic E-state index is 11.3. The van der Waals surface area contributed by atoms with Gasteiger partial charge in [-0.3, -0.25) is 4.90 Å². The van der Waals surface area contributed by atoms with E-state index < -0.39 is 17.6 Å². The van der Waals surface area contributed by atoms with Gasteiger partial charge in [0, 0.05) is 23.6 Å². The molecular weight excluding hydrogens is 362 g/mol. The zero-order valence-electron chi connectivity index (χ0n) is 15.6. The summed E-state index contributed by atoms with van der Waals surface area (Å²) in [5.41, 5.74) is 2.90. The molecule has 7 nitrogen and oxygen atoms in total. The van der Waals surface area contributed by atoms with Crippen LogP contribution in [-0.4, -0.2) is 41.9 Å². The van der Waals surface area contributed by atoms with Crippen molar-refractivity contribution in [3.05, 3.63) is 46.5 Å². The second-order valence-electron chi connectivity index (χ2n) is 8.15. The van der Waals surface area contributed by atoms with Crippen LogP contribution in [-0.2, 0) is 12.0 Å². The summed E-state index contributed by atoms with van der Waals surface area (Å²) in [5.74, 6) is 2.75. The minimum atomic E-state index is -1.03. The molecule has 3 heterocycles. The van der Waals surface area contributed by atoms with Gasteiger partial charge in [0.15, 0.2) is 23.0 Å². The number of aliphatic hydroxyl groups excluding tert-OH is 2. The Labute approximate surface area is 162 Å². The van der Waals surface area contributed by atoms with E-state index in [0.717, 1.165) is 28.2 Å². The van der Waals surface area contributed by atoms with Crippen molar-refractivity contribution in [2.24, 2.45) is 0 Å². The zero-order valence-corrected chi connectivity index (χ0v) is 15.6. The molecule has 0 saturated carbocycles. The largest absolute Gasteiger partial charge is 0.454 e. The molecule has 2 aromatic carbocycles. The fourth-order valence-electron chi connectivity index (χ4n) is 5.48. The highest BCUT2D eigenvalue weighted by atomic mass is 16.7. The predicted molar refractivity (Wildman–Crippen MR) is 97.7 cm³/mol. The molecule has 0 spiro atoms. The summed E-state index contributed by atoms with van der Waals surface area (Å²) in [5, 5.41) is 22.4. The SMILES string of the molecule is CN1Cc2c(ccc3c2OCO3)[C@@]2(C)[C@@H](O)C(O)c3cc4c(cc3[C@@H]12)OCO4. The second kappa shape index (κ2) is 5.31. The smallest absolute Gasteiger partial charge is 0.231 e. The van der Waals surface area contributed by atoms with Gasteiger partial charge in [0.2, 0.25) is 13.6 Å². The molecule has 0 fully saturated rings. The van der Waals surface area contributed by atoms with Crippen molar-refractivity contribution in [1.29, 1.82) is 0 Å². The second-order valence-corrected chi connectivity index (χ2v) is 8.15. The van der Waals surface area contributed by atoms with E-state index in [9.17, 15) is 10.2 Å². The van der Waals surface area contributed by atoms with Gasteiger partial charge in [0.1, 0.15) is 6.10 Å². The van der Waals surface area contributed by atoms with E-state index in [1.807, 2.05) is 32.2 Å². The monoisotopic (exact) mass is 383 g/mol. The van der Waals surface area contributed by atoms with E-state index in [0.29, 0.717) is 23.6 Å². The predicted octanol–water partition coefficient (Wildman–Crippen LogP) is 2.00. The Kier molecular flexibility index (Phi) is 3.13. The van der Waals surface area contributed by atoms with Gasteiger partial charge in [-0.25, -0.2) is 0 Å². The summed E-state index contributed by atoms with van der Waals surface area (Å²) < 4.78 is 22.3. The highest BCUT2D eigenvalue weighted by Gasteiger charge is 2.56. The Bertz CT molecular complexity index is 1010. The average molecular weight is 383 g/mol. The zero-order chi connectivity index (χ0) is 19.2. The van der Waals surface area contributed by atoms with Crippen LogP contribution in [0, 0.1) is 0 Å². The Hall–Kier alpha value is -2.48. The lowest BCUT2D eigenvalue weighted by molar-refractivity contribution is -0.0785. The summed E-state index contributed by atoms with van der Waals surface area (Å²) >= 11 is 0. The third-order valence-electron chi connectivity index (χ3n) is 6.74. The molecule has 2 aromatic rings. The molecule has 28 heavy (non-hydrogen) atoms. The lowest BCUT2D eigenvalue weighted by Crippen LogP contribution is -2.56. The van der Waals surface area contributed by atoms with E-state index >= 15 is 0 Å². The molecule has 1 unspecified atom stereocenters. The number of fused-ring (bicyclic) bond motifs is 8. The first kappa shape index (κ1) is 16.5.